The maximum atomic E-state index is 11.9. The Labute approximate surface area is 103 Å². The van der Waals surface area contributed by atoms with Crippen LogP contribution in [0.4, 0.5) is 5.69 Å². The second kappa shape index (κ2) is 5.40. The highest BCUT2D eigenvalue weighted by atomic mass is 32.1. The third kappa shape index (κ3) is 2.79. The van der Waals surface area contributed by atoms with E-state index in [0.29, 0.717) is 12.1 Å². The van der Waals surface area contributed by atoms with Gasteiger partial charge in [-0.3, -0.25) is 14.8 Å². The van der Waals surface area contributed by atoms with Gasteiger partial charge in [-0.2, -0.15) is 0 Å². The standard InChI is InChI=1S/C11H12N4OS/c1-12-10-2-3-13-6-9(10)11(16)15-5-8-4-14-7-17-8/h2-4,6-7H,5H2,1H3,(H,12,13)(H,15,16). The molecule has 0 fully saturated rings. The molecule has 0 aliphatic rings. The molecule has 2 aromatic rings. The second-order valence-corrected chi connectivity index (χ2v) is 4.29. The predicted octanol–water partition coefficient (Wildman–Crippen LogP) is 1.51. The predicted molar refractivity (Wildman–Crippen MR) is 67.1 cm³/mol. The Morgan fingerprint density at radius 2 is 2.29 bits per heavy atom. The summed E-state index contributed by atoms with van der Waals surface area (Å²) >= 11 is 1.51. The third-order valence-electron chi connectivity index (χ3n) is 2.24. The van der Waals surface area contributed by atoms with Crippen LogP contribution in [0.15, 0.2) is 30.2 Å². The molecule has 2 aromatic heterocycles. The van der Waals surface area contributed by atoms with Crippen molar-refractivity contribution in [3.63, 3.8) is 0 Å². The number of amides is 1. The summed E-state index contributed by atoms with van der Waals surface area (Å²) < 4.78 is 0. The Morgan fingerprint density at radius 3 is 3.00 bits per heavy atom. The van der Waals surface area contributed by atoms with Crippen molar-refractivity contribution in [2.24, 2.45) is 0 Å². The summed E-state index contributed by atoms with van der Waals surface area (Å²) in [5.74, 6) is -0.143. The number of rotatable bonds is 4. The fourth-order valence-electron chi connectivity index (χ4n) is 1.39. The van der Waals surface area contributed by atoms with E-state index in [1.54, 1.807) is 37.2 Å². The van der Waals surface area contributed by atoms with E-state index in [1.165, 1.54) is 11.3 Å². The van der Waals surface area contributed by atoms with Gasteiger partial charge in [0.25, 0.3) is 5.91 Å². The largest absolute Gasteiger partial charge is 0.387 e. The molecule has 2 heterocycles. The summed E-state index contributed by atoms with van der Waals surface area (Å²) in [6, 6.07) is 1.77. The maximum absolute atomic E-state index is 11.9. The molecule has 0 unspecified atom stereocenters. The van der Waals surface area contributed by atoms with Crippen LogP contribution in [0.3, 0.4) is 0 Å². The van der Waals surface area contributed by atoms with E-state index >= 15 is 0 Å². The van der Waals surface area contributed by atoms with Gasteiger partial charge >= 0.3 is 0 Å². The minimum Gasteiger partial charge on any atom is -0.387 e. The first kappa shape index (κ1) is 11.5. The number of aromatic nitrogens is 2. The average molecular weight is 248 g/mol. The fraction of sp³-hybridized carbons (Fsp3) is 0.182. The van der Waals surface area contributed by atoms with Gasteiger partial charge in [0.1, 0.15) is 0 Å². The van der Waals surface area contributed by atoms with Gasteiger partial charge in [0.2, 0.25) is 0 Å². The molecule has 17 heavy (non-hydrogen) atoms. The third-order valence-corrected chi connectivity index (χ3v) is 3.02. The number of nitrogens with one attached hydrogen (secondary N) is 2. The Balaban J connectivity index is 2.04. The normalized spacial score (nSPS) is 9.94. The molecule has 0 atom stereocenters. The average Bonchev–Trinajstić information content (AvgIpc) is 2.89. The Bertz CT molecular complexity index is 498. The molecule has 0 spiro atoms. The Kier molecular flexibility index (Phi) is 3.66. The van der Waals surface area contributed by atoms with Crippen LogP contribution in [-0.4, -0.2) is 22.9 Å². The lowest BCUT2D eigenvalue weighted by Crippen LogP contribution is -2.23. The number of hydrogen-bond acceptors (Lipinski definition) is 5. The lowest BCUT2D eigenvalue weighted by molar-refractivity contribution is 0.0952. The van der Waals surface area contributed by atoms with Gasteiger partial charge in [-0.1, -0.05) is 0 Å². The zero-order chi connectivity index (χ0) is 12.1. The second-order valence-electron chi connectivity index (χ2n) is 3.32. The van der Waals surface area contributed by atoms with Crippen LogP contribution in [0.2, 0.25) is 0 Å². The molecule has 0 saturated heterocycles. The Hall–Kier alpha value is -1.95. The summed E-state index contributed by atoms with van der Waals surface area (Å²) in [4.78, 5) is 20.8. The summed E-state index contributed by atoms with van der Waals surface area (Å²) in [7, 11) is 1.77. The molecule has 0 aromatic carbocycles. The summed E-state index contributed by atoms with van der Waals surface area (Å²) in [5.41, 5.74) is 3.05. The van der Waals surface area contributed by atoms with Gasteiger partial charge in [-0.05, 0) is 6.07 Å². The molecule has 0 radical (unpaired) electrons. The van der Waals surface area contributed by atoms with Crippen molar-refractivity contribution in [1.29, 1.82) is 0 Å². The molecule has 2 rings (SSSR count). The van der Waals surface area contributed by atoms with E-state index in [9.17, 15) is 4.79 Å². The van der Waals surface area contributed by atoms with Crippen molar-refractivity contribution >= 4 is 22.9 Å². The monoisotopic (exact) mass is 248 g/mol. The van der Waals surface area contributed by atoms with Crippen LogP contribution in [-0.2, 0) is 6.54 Å². The zero-order valence-corrected chi connectivity index (χ0v) is 10.1. The molecule has 0 saturated carbocycles. The number of pyridine rings is 1. The number of anilines is 1. The first-order chi connectivity index (χ1) is 8.31. The maximum Gasteiger partial charge on any atom is 0.255 e. The summed E-state index contributed by atoms with van der Waals surface area (Å²) in [6.45, 7) is 0.488. The molecule has 0 aliphatic carbocycles. The van der Waals surface area contributed by atoms with Crippen LogP contribution >= 0.6 is 11.3 Å². The van der Waals surface area contributed by atoms with Crippen molar-refractivity contribution in [3.8, 4) is 0 Å². The number of carbonyl (C=O) groups is 1. The van der Waals surface area contributed by atoms with Crippen LogP contribution in [0.1, 0.15) is 15.2 Å². The molecular weight excluding hydrogens is 236 g/mol. The molecule has 1 amide bonds. The zero-order valence-electron chi connectivity index (χ0n) is 9.30. The molecule has 0 aliphatic heterocycles. The summed E-state index contributed by atoms with van der Waals surface area (Å²) in [6.07, 6.45) is 4.94. The first-order valence-electron chi connectivity index (χ1n) is 5.08. The first-order valence-corrected chi connectivity index (χ1v) is 5.96. The number of hydrogen-bond donors (Lipinski definition) is 2. The minimum absolute atomic E-state index is 0.143. The quantitative estimate of drug-likeness (QED) is 0.860. The molecule has 0 bridgehead atoms. The topological polar surface area (TPSA) is 66.9 Å². The van der Waals surface area contributed by atoms with E-state index in [-0.39, 0.29) is 5.91 Å². The summed E-state index contributed by atoms with van der Waals surface area (Å²) in [5, 5.41) is 5.79. The molecule has 5 nitrogen and oxygen atoms in total. The SMILES string of the molecule is CNc1ccncc1C(=O)NCc1cncs1. The van der Waals surface area contributed by atoms with E-state index < -0.39 is 0 Å². The van der Waals surface area contributed by atoms with E-state index in [4.69, 9.17) is 0 Å². The van der Waals surface area contributed by atoms with Crippen molar-refractivity contribution in [2.45, 2.75) is 6.54 Å². The van der Waals surface area contributed by atoms with Gasteiger partial charge in [-0.15, -0.1) is 11.3 Å². The van der Waals surface area contributed by atoms with Gasteiger partial charge < -0.3 is 10.6 Å². The number of thiazole rings is 1. The van der Waals surface area contributed by atoms with Gasteiger partial charge in [0, 0.05) is 36.2 Å². The smallest absolute Gasteiger partial charge is 0.255 e. The van der Waals surface area contributed by atoms with Crippen molar-refractivity contribution in [1.82, 2.24) is 15.3 Å². The molecule has 2 N–H and O–H groups in total. The van der Waals surface area contributed by atoms with Crippen LogP contribution in [0, 0.1) is 0 Å². The highest BCUT2D eigenvalue weighted by Gasteiger charge is 2.10. The van der Waals surface area contributed by atoms with Crippen molar-refractivity contribution in [2.75, 3.05) is 12.4 Å². The van der Waals surface area contributed by atoms with Gasteiger partial charge in [0.05, 0.1) is 17.6 Å². The molecule has 88 valence electrons. The van der Waals surface area contributed by atoms with Gasteiger partial charge in [0.15, 0.2) is 0 Å². The fourth-order valence-corrected chi connectivity index (χ4v) is 1.92. The van der Waals surface area contributed by atoms with Crippen molar-refractivity contribution in [3.05, 3.63) is 40.6 Å². The highest BCUT2D eigenvalue weighted by molar-refractivity contribution is 7.09. The van der Waals surface area contributed by atoms with E-state index in [2.05, 4.69) is 20.6 Å². The highest BCUT2D eigenvalue weighted by Crippen LogP contribution is 2.12. The van der Waals surface area contributed by atoms with E-state index in [1.807, 2.05) is 0 Å². The van der Waals surface area contributed by atoms with Crippen LogP contribution in [0.25, 0.3) is 0 Å². The molecular formula is C11H12N4OS. The van der Waals surface area contributed by atoms with Crippen LogP contribution in [0.5, 0.6) is 0 Å². The van der Waals surface area contributed by atoms with Crippen LogP contribution < -0.4 is 10.6 Å². The Morgan fingerprint density at radius 1 is 1.41 bits per heavy atom. The van der Waals surface area contributed by atoms with Crippen molar-refractivity contribution < 1.29 is 4.79 Å². The lowest BCUT2D eigenvalue weighted by Gasteiger charge is -2.08. The van der Waals surface area contributed by atoms with E-state index in [0.717, 1.165) is 10.6 Å². The lowest BCUT2D eigenvalue weighted by atomic mass is 10.2. The minimum atomic E-state index is -0.143. The molecule has 6 heteroatoms. The number of carbonyl (C=O) groups excluding carboxylic acids is 1. The number of nitrogens with zero attached hydrogens (tertiary/aromatic N) is 2. The van der Waals surface area contributed by atoms with Gasteiger partial charge in [-0.25, -0.2) is 0 Å².